The third-order valence-corrected chi connectivity index (χ3v) is 6.45. The number of hydrogen-bond acceptors (Lipinski definition) is 2. The zero-order valence-electron chi connectivity index (χ0n) is 20.4. The molecule has 1 unspecified atom stereocenters. The third-order valence-electron chi connectivity index (χ3n) is 6.45. The maximum Gasteiger partial charge on any atom is 0.201 e. The third kappa shape index (κ3) is 5.20. The minimum atomic E-state index is -1.33. The van der Waals surface area contributed by atoms with Crippen LogP contribution in [0.3, 0.4) is 0 Å². The Morgan fingerprint density at radius 1 is 0.676 bits per heavy atom. The van der Waals surface area contributed by atoms with E-state index in [1.54, 1.807) is 13.0 Å². The van der Waals surface area contributed by atoms with Gasteiger partial charge in [0.15, 0.2) is 34.8 Å². The van der Waals surface area contributed by atoms with Gasteiger partial charge < -0.3 is 9.47 Å². The molecule has 37 heavy (non-hydrogen) atoms. The van der Waals surface area contributed by atoms with Gasteiger partial charge >= 0.3 is 0 Å². The first-order valence-electron chi connectivity index (χ1n) is 12.2. The topological polar surface area (TPSA) is 18.5 Å². The average molecular weight is 521 g/mol. The average Bonchev–Trinajstić information content (AvgIpc) is 2.90. The van der Waals surface area contributed by atoms with Crippen LogP contribution in [0.2, 0.25) is 0 Å². The zero-order valence-corrected chi connectivity index (χ0v) is 20.4. The lowest BCUT2D eigenvalue weighted by Crippen LogP contribution is -2.09. The van der Waals surface area contributed by atoms with Gasteiger partial charge in [-0.15, -0.1) is 0 Å². The molecule has 0 heterocycles. The number of allylic oxidation sites excluding steroid dienone is 2. The van der Waals surface area contributed by atoms with Crippen molar-refractivity contribution < 1.29 is 35.8 Å². The predicted octanol–water partition coefficient (Wildman–Crippen LogP) is 8.73. The Hall–Kier alpha value is -3.42. The van der Waals surface area contributed by atoms with Crippen molar-refractivity contribution in [3.63, 3.8) is 0 Å². The second-order valence-electron chi connectivity index (χ2n) is 8.79. The minimum absolute atomic E-state index is 0.0818. The van der Waals surface area contributed by atoms with E-state index in [9.17, 15) is 17.6 Å². The molecule has 3 aromatic carbocycles. The van der Waals surface area contributed by atoms with Gasteiger partial charge in [0, 0.05) is 16.7 Å². The van der Waals surface area contributed by atoms with Crippen LogP contribution in [-0.2, 0) is 0 Å². The highest BCUT2D eigenvalue weighted by atomic mass is 19.2. The second-order valence-corrected chi connectivity index (χ2v) is 8.79. The van der Waals surface area contributed by atoms with Crippen LogP contribution in [0.15, 0.2) is 42.5 Å². The van der Waals surface area contributed by atoms with E-state index < -0.39 is 51.9 Å². The minimum Gasteiger partial charge on any atom is -0.491 e. The molecule has 8 heteroatoms. The van der Waals surface area contributed by atoms with E-state index in [1.165, 1.54) is 30.3 Å². The summed E-state index contributed by atoms with van der Waals surface area (Å²) in [5.74, 6) is -8.00. The van der Waals surface area contributed by atoms with Gasteiger partial charge in [-0.25, -0.2) is 17.6 Å². The molecule has 196 valence electrons. The summed E-state index contributed by atoms with van der Waals surface area (Å²) >= 11 is 0. The molecule has 0 fully saturated rings. The quantitative estimate of drug-likeness (QED) is 0.277. The van der Waals surface area contributed by atoms with E-state index in [4.69, 9.17) is 9.47 Å². The van der Waals surface area contributed by atoms with Crippen LogP contribution in [-0.4, -0.2) is 13.2 Å². The van der Waals surface area contributed by atoms with E-state index in [-0.39, 0.29) is 42.3 Å². The summed E-state index contributed by atoms with van der Waals surface area (Å²) in [7, 11) is 0. The number of benzene rings is 3. The summed E-state index contributed by atoms with van der Waals surface area (Å²) in [6.07, 6.45) is 3.29. The van der Waals surface area contributed by atoms with Gasteiger partial charge in [-0.2, -0.15) is 8.78 Å². The van der Waals surface area contributed by atoms with Crippen molar-refractivity contribution in [1.29, 1.82) is 0 Å². The van der Waals surface area contributed by atoms with E-state index in [0.717, 1.165) is 6.07 Å². The summed E-state index contributed by atoms with van der Waals surface area (Å²) < 4.78 is 98.2. The summed E-state index contributed by atoms with van der Waals surface area (Å²) in [5, 5.41) is 0. The van der Waals surface area contributed by atoms with Gasteiger partial charge in [0.25, 0.3) is 0 Å². The van der Waals surface area contributed by atoms with Crippen molar-refractivity contribution in [1.82, 2.24) is 0 Å². The SMILES string of the molecule is CCCOc1ccc(C2=CCC(c3ccc(-c4ccc(OCC)c(F)c4F)c(F)c3F)CC2)c(F)c1F. The summed E-state index contributed by atoms with van der Waals surface area (Å²) in [6, 6.07) is 7.71. The molecule has 0 N–H and O–H groups in total. The van der Waals surface area contributed by atoms with Crippen LogP contribution in [0.5, 0.6) is 11.5 Å². The van der Waals surface area contributed by atoms with Gasteiger partial charge in [0.2, 0.25) is 11.6 Å². The Bertz CT molecular complexity index is 1330. The van der Waals surface area contributed by atoms with E-state index in [0.29, 0.717) is 24.8 Å². The first-order chi connectivity index (χ1) is 17.8. The molecule has 1 atom stereocenters. The van der Waals surface area contributed by atoms with Gasteiger partial charge in [-0.3, -0.25) is 0 Å². The van der Waals surface area contributed by atoms with Crippen molar-refractivity contribution >= 4 is 5.57 Å². The number of ether oxygens (including phenoxy) is 2. The molecular weight excluding hydrogens is 494 g/mol. The predicted molar refractivity (Wildman–Crippen MR) is 130 cm³/mol. The molecule has 2 nitrogen and oxygen atoms in total. The molecule has 1 aliphatic carbocycles. The van der Waals surface area contributed by atoms with E-state index >= 15 is 8.78 Å². The van der Waals surface area contributed by atoms with Crippen molar-refractivity contribution in [3.8, 4) is 22.6 Å². The van der Waals surface area contributed by atoms with Crippen LogP contribution in [0.1, 0.15) is 56.6 Å². The highest BCUT2D eigenvalue weighted by molar-refractivity contribution is 5.69. The Balaban J connectivity index is 1.57. The van der Waals surface area contributed by atoms with Gasteiger partial charge in [-0.05, 0) is 73.9 Å². The summed E-state index contributed by atoms with van der Waals surface area (Å²) in [5.41, 5.74) is -0.0680. The molecule has 0 aliphatic heterocycles. The maximum atomic E-state index is 15.1. The van der Waals surface area contributed by atoms with Crippen molar-refractivity contribution in [2.24, 2.45) is 0 Å². The van der Waals surface area contributed by atoms with Crippen molar-refractivity contribution in [2.75, 3.05) is 13.2 Å². The fraction of sp³-hybridized carbons (Fsp3) is 0.310. The van der Waals surface area contributed by atoms with Gasteiger partial charge in [-0.1, -0.05) is 25.1 Å². The number of rotatable bonds is 8. The Morgan fingerprint density at radius 3 is 1.84 bits per heavy atom. The Labute approximate surface area is 211 Å². The molecule has 0 amide bonds. The molecule has 0 bridgehead atoms. The highest BCUT2D eigenvalue weighted by Gasteiger charge is 2.27. The first-order valence-corrected chi connectivity index (χ1v) is 12.2. The number of halogens is 6. The largest absolute Gasteiger partial charge is 0.491 e. The molecule has 0 radical (unpaired) electrons. The number of hydrogen-bond donors (Lipinski definition) is 0. The Morgan fingerprint density at radius 2 is 1.24 bits per heavy atom. The standard InChI is InChI=1S/C29H26F6O2/c1-3-15-37-23-13-11-19(25(31)29(23)35)17-7-5-16(6-8-17)18-9-10-20(26(32)24(18)30)21-12-14-22(36-4-2)28(34)27(21)33/h7,9-14,16H,3-6,8,15H2,1-2H3. The smallest absolute Gasteiger partial charge is 0.201 e. The first kappa shape index (κ1) is 26.6. The van der Waals surface area contributed by atoms with Crippen molar-refractivity contribution in [3.05, 3.63) is 88.5 Å². The van der Waals surface area contributed by atoms with Crippen LogP contribution in [0.25, 0.3) is 16.7 Å². The van der Waals surface area contributed by atoms with Crippen LogP contribution >= 0.6 is 0 Å². The molecular formula is C29H26F6O2. The maximum absolute atomic E-state index is 15.1. The summed E-state index contributed by atoms with van der Waals surface area (Å²) in [4.78, 5) is 0. The van der Waals surface area contributed by atoms with E-state index in [1.807, 2.05) is 6.92 Å². The van der Waals surface area contributed by atoms with Crippen molar-refractivity contribution in [2.45, 2.75) is 45.4 Å². The van der Waals surface area contributed by atoms with Crippen LogP contribution < -0.4 is 9.47 Å². The van der Waals surface area contributed by atoms with Crippen LogP contribution in [0.4, 0.5) is 26.3 Å². The molecule has 3 aromatic rings. The fourth-order valence-corrected chi connectivity index (χ4v) is 4.56. The molecule has 0 aromatic heterocycles. The lowest BCUT2D eigenvalue weighted by atomic mass is 9.82. The highest BCUT2D eigenvalue weighted by Crippen LogP contribution is 2.41. The lowest BCUT2D eigenvalue weighted by Gasteiger charge is -2.24. The Kier molecular flexibility index (Phi) is 8.15. The fourth-order valence-electron chi connectivity index (χ4n) is 4.56. The van der Waals surface area contributed by atoms with Gasteiger partial charge in [0.05, 0.1) is 13.2 Å². The second kappa shape index (κ2) is 11.3. The monoisotopic (exact) mass is 520 g/mol. The molecule has 0 spiro atoms. The van der Waals surface area contributed by atoms with Gasteiger partial charge in [0.1, 0.15) is 0 Å². The lowest BCUT2D eigenvalue weighted by molar-refractivity contribution is 0.295. The molecule has 1 aliphatic rings. The summed E-state index contributed by atoms with van der Waals surface area (Å²) in [6.45, 7) is 3.84. The normalized spacial score (nSPS) is 15.5. The van der Waals surface area contributed by atoms with E-state index in [2.05, 4.69) is 0 Å². The van der Waals surface area contributed by atoms with Crippen LogP contribution in [0, 0.1) is 34.9 Å². The molecule has 0 saturated carbocycles. The molecule has 0 saturated heterocycles. The molecule has 4 rings (SSSR count). The zero-order chi connectivity index (χ0) is 26.7.